The molecule has 1 fully saturated rings. The van der Waals surface area contributed by atoms with E-state index in [0.29, 0.717) is 13.0 Å². The molecule has 1 aromatic rings. The van der Waals surface area contributed by atoms with E-state index in [9.17, 15) is 18.0 Å². The molecule has 1 unspecified atom stereocenters. The van der Waals surface area contributed by atoms with Gasteiger partial charge in [-0.25, -0.2) is 4.98 Å². The molecular weight excluding hydrogens is 283 g/mol. The van der Waals surface area contributed by atoms with Crippen LogP contribution in [-0.2, 0) is 0 Å². The van der Waals surface area contributed by atoms with Crippen molar-refractivity contribution in [1.82, 2.24) is 9.88 Å². The summed E-state index contributed by atoms with van der Waals surface area (Å²) >= 11 is 0. The van der Waals surface area contributed by atoms with Crippen molar-refractivity contribution in [2.24, 2.45) is 5.92 Å². The van der Waals surface area contributed by atoms with Crippen LogP contribution in [0.25, 0.3) is 0 Å². The highest BCUT2D eigenvalue weighted by Gasteiger charge is 2.42. The van der Waals surface area contributed by atoms with Crippen molar-refractivity contribution in [3.8, 4) is 0 Å². The summed E-state index contributed by atoms with van der Waals surface area (Å²) in [6, 6.07) is 3.24. The maximum absolute atomic E-state index is 12.8. The molecule has 7 heteroatoms. The number of carbonyl (C=O) groups is 1. The number of aromatic nitrogens is 1. The Morgan fingerprint density at radius 1 is 1.48 bits per heavy atom. The average molecular weight is 301 g/mol. The van der Waals surface area contributed by atoms with Gasteiger partial charge in [-0.1, -0.05) is 0 Å². The van der Waals surface area contributed by atoms with Crippen molar-refractivity contribution in [1.29, 1.82) is 0 Å². The predicted octanol–water partition coefficient (Wildman–Crippen LogP) is 2.93. The monoisotopic (exact) mass is 301 g/mol. The fourth-order valence-corrected chi connectivity index (χ4v) is 2.42. The van der Waals surface area contributed by atoms with Gasteiger partial charge in [-0.2, -0.15) is 13.2 Å². The Morgan fingerprint density at radius 3 is 2.81 bits per heavy atom. The highest BCUT2D eigenvalue weighted by Crippen LogP contribution is 2.33. The Bertz CT molecular complexity index is 487. The first-order valence-electron chi connectivity index (χ1n) is 6.97. The molecule has 1 aliphatic heterocycles. The van der Waals surface area contributed by atoms with Gasteiger partial charge in [-0.3, -0.25) is 4.79 Å². The average Bonchev–Trinajstić information content (AvgIpc) is 2.47. The minimum Gasteiger partial charge on any atom is -0.384 e. The third-order valence-corrected chi connectivity index (χ3v) is 3.54. The molecule has 1 amide bonds. The lowest BCUT2D eigenvalue weighted by molar-refractivity contribution is -0.184. The van der Waals surface area contributed by atoms with Crippen LogP contribution in [0.5, 0.6) is 0 Å². The van der Waals surface area contributed by atoms with Crippen LogP contribution in [0.1, 0.15) is 30.3 Å². The summed E-state index contributed by atoms with van der Waals surface area (Å²) in [5.41, 5.74) is 0.959. The second-order valence-electron chi connectivity index (χ2n) is 5.09. The smallest absolute Gasteiger partial charge is 0.384 e. The Morgan fingerprint density at radius 2 is 2.24 bits per heavy atom. The van der Waals surface area contributed by atoms with Gasteiger partial charge in [0.05, 0.1) is 17.8 Å². The Kier molecular flexibility index (Phi) is 4.69. The topological polar surface area (TPSA) is 45.2 Å². The maximum atomic E-state index is 12.8. The minimum absolute atomic E-state index is 0.0834. The molecule has 0 spiro atoms. The number of nitrogens with one attached hydrogen (secondary N) is 1. The normalized spacial score (nSPS) is 19.4. The predicted molar refractivity (Wildman–Crippen MR) is 73.1 cm³/mol. The number of hydrogen-bond acceptors (Lipinski definition) is 3. The lowest BCUT2D eigenvalue weighted by atomic mass is 9.97. The van der Waals surface area contributed by atoms with Crippen LogP contribution < -0.4 is 5.32 Å². The zero-order valence-electron chi connectivity index (χ0n) is 11.8. The summed E-state index contributed by atoms with van der Waals surface area (Å²) in [6.07, 6.45) is -2.28. The van der Waals surface area contributed by atoms with Crippen molar-refractivity contribution in [2.75, 3.05) is 25.0 Å². The molecule has 1 aliphatic rings. The standard InChI is InChI=1S/C14H18F3N3O/c1-2-18-11-5-6-12(19-8-11)13(21)20-7-3-4-10(9-20)14(15,16)17/h5-6,8,10,18H,2-4,7,9H2,1H3. The van der Waals surface area contributed by atoms with Crippen LogP contribution in [0.4, 0.5) is 18.9 Å². The zero-order chi connectivity index (χ0) is 15.5. The molecule has 21 heavy (non-hydrogen) atoms. The molecule has 0 aromatic carbocycles. The number of amides is 1. The number of hydrogen-bond donors (Lipinski definition) is 1. The highest BCUT2D eigenvalue weighted by atomic mass is 19.4. The van der Waals surface area contributed by atoms with E-state index in [-0.39, 0.29) is 18.7 Å². The van der Waals surface area contributed by atoms with E-state index in [0.717, 1.165) is 12.2 Å². The van der Waals surface area contributed by atoms with Crippen LogP contribution >= 0.6 is 0 Å². The number of carbonyl (C=O) groups excluding carboxylic acids is 1. The number of alkyl halides is 3. The second-order valence-corrected chi connectivity index (χ2v) is 5.09. The van der Waals surface area contributed by atoms with E-state index in [1.807, 2.05) is 6.92 Å². The summed E-state index contributed by atoms with van der Waals surface area (Å²) in [6.45, 7) is 2.74. The zero-order valence-corrected chi connectivity index (χ0v) is 11.8. The molecule has 0 radical (unpaired) electrons. The molecule has 2 rings (SSSR count). The fourth-order valence-electron chi connectivity index (χ4n) is 2.42. The molecule has 1 aromatic heterocycles. The number of halogens is 3. The number of anilines is 1. The van der Waals surface area contributed by atoms with Crippen LogP contribution in [0, 0.1) is 5.92 Å². The number of pyridine rings is 1. The maximum Gasteiger partial charge on any atom is 0.393 e. The SMILES string of the molecule is CCNc1ccc(C(=O)N2CCCC(C(F)(F)F)C2)nc1. The van der Waals surface area contributed by atoms with Gasteiger partial charge >= 0.3 is 6.18 Å². The molecular formula is C14H18F3N3O. The summed E-state index contributed by atoms with van der Waals surface area (Å²) in [5.74, 6) is -1.87. The number of likely N-dealkylation sites (tertiary alicyclic amines) is 1. The molecule has 2 heterocycles. The quantitative estimate of drug-likeness (QED) is 0.933. The van der Waals surface area contributed by atoms with Crippen molar-refractivity contribution < 1.29 is 18.0 Å². The van der Waals surface area contributed by atoms with Crippen LogP contribution in [0.3, 0.4) is 0 Å². The molecule has 1 saturated heterocycles. The van der Waals surface area contributed by atoms with Crippen molar-refractivity contribution in [3.05, 3.63) is 24.0 Å². The highest BCUT2D eigenvalue weighted by molar-refractivity contribution is 5.92. The van der Waals surface area contributed by atoms with Crippen molar-refractivity contribution in [3.63, 3.8) is 0 Å². The van der Waals surface area contributed by atoms with E-state index in [4.69, 9.17) is 0 Å². The van der Waals surface area contributed by atoms with E-state index in [1.54, 1.807) is 6.07 Å². The Balaban J connectivity index is 2.05. The minimum atomic E-state index is -4.25. The van der Waals surface area contributed by atoms with Gasteiger partial charge in [0.15, 0.2) is 0 Å². The second kappa shape index (κ2) is 6.32. The van der Waals surface area contributed by atoms with Crippen molar-refractivity contribution in [2.45, 2.75) is 25.9 Å². The molecule has 1 atom stereocenters. The van der Waals surface area contributed by atoms with E-state index in [1.165, 1.54) is 17.2 Å². The summed E-state index contributed by atoms with van der Waals surface area (Å²) in [5, 5.41) is 3.04. The first-order chi connectivity index (χ1) is 9.91. The van der Waals surface area contributed by atoms with E-state index >= 15 is 0 Å². The van der Waals surface area contributed by atoms with Crippen LogP contribution in [-0.4, -0.2) is 41.6 Å². The molecule has 0 bridgehead atoms. The summed E-state index contributed by atoms with van der Waals surface area (Å²) in [4.78, 5) is 17.5. The van der Waals surface area contributed by atoms with Gasteiger partial charge in [0, 0.05) is 19.6 Å². The first kappa shape index (κ1) is 15.6. The lowest BCUT2D eigenvalue weighted by Crippen LogP contribution is -2.44. The van der Waals surface area contributed by atoms with Crippen molar-refractivity contribution >= 4 is 11.6 Å². The number of rotatable bonds is 3. The van der Waals surface area contributed by atoms with E-state index in [2.05, 4.69) is 10.3 Å². The number of piperidine rings is 1. The number of nitrogens with zero attached hydrogens (tertiary/aromatic N) is 2. The third kappa shape index (κ3) is 3.86. The lowest BCUT2D eigenvalue weighted by Gasteiger charge is -2.33. The first-order valence-corrected chi connectivity index (χ1v) is 6.97. The van der Waals surface area contributed by atoms with Gasteiger partial charge in [0.1, 0.15) is 5.69 Å². The van der Waals surface area contributed by atoms with Gasteiger partial charge in [0.25, 0.3) is 5.91 Å². The largest absolute Gasteiger partial charge is 0.393 e. The summed E-state index contributed by atoms with van der Waals surface area (Å²) in [7, 11) is 0. The fraction of sp³-hybridized carbons (Fsp3) is 0.571. The van der Waals surface area contributed by atoms with Gasteiger partial charge < -0.3 is 10.2 Å². The molecule has 116 valence electrons. The Labute approximate surface area is 121 Å². The van der Waals surface area contributed by atoms with Gasteiger partial charge in [-0.05, 0) is 31.9 Å². The van der Waals surface area contributed by atoms with E-state index < -0.39 is 18.0 Å². The molecule has 0 saturated carbocycles. The third-order valence-electron chi connectivity index (χ3n) is 3.54. The summed E-state index contributed by atoms with van der Waals surface area (Å²) < 4.78 is 38.3. The van der Waals surface area contributed by atoms with Gasteiger partial charge in [-0.15, -0.1) is 0 Å². The molecule has 0 aliphatic carbocycles. The van der Waals surface area contributed by atoms with Gasteiger partial charge in [0.2, 0.25) is 0 Å². The molecule has 1 N–H and O–H groups in total. The van der Waals surface area contributed by atoms with Crippen LogP contribution in [0.15, 0.2) is 18.3 Å². The Hall–Kier alpha value is -1.79. The molecule has 4 nitrogen and oxygen atoms in total. The van der Waals surface area contributed by atoms with Crippen LogP contribution in [0.2, 0.25) is 0 Å².